The van der Waals surface area contributed by atoms with Crippen LogP contribution in [0.4, 0.5) is 0 Å². The highest BCUT2D eigenvalue weighted by Crippen LogP contribution is 2.34. The number of H-pyrrole nitrogens is 1. The van der Waals surface area contributed by atoms with Gasteiger partial charge in [0.25, 0.3) is 5.56 Å². The van der Waals surface area contributed by atoms with Gasteiger partial charge in [-0.1, -0.05) is 0 Å². The van der Waals surface area contributed by atoms with Gasteiger partial charge in [0.2, 0.25) is 6.79 Å². The summed E-state index contributed by atoms with van der Waals surface area (Å²) >= 11 is 5.31. The van der Waals surface area contributed by atoms with Crippen LogP contribution in [0.1, 0.15) is 12.8 Å². The second-order valence-corrected chi connectivity index (χ2v) is 5.62. The van der Waals surface area contributed by atoms with Gasteiger partial charge < -0.3 is 19.2 Å². The van der Waals surface area contributed by atoms with Crippen LogP contribution >= 0.6 is 12.2 Å². The van der Waals surface area contributed by atoms with E-state index in [1.54, 1.807) is 16.7 Å². The molecule has 1 N–H and O–H groups in total. The summed E-state index contributed by atoms with van der Waals surface area (Å²) < 4.78 is 18.2. The van der Waals surface area contributed by atoms with Crippen molar-refractivity contribution >= 4 is 23.1 Å². The Balaban J connectivity index is 1.86. The molecule has 0 radical (unpaired) electrons. The summed E-state index contributed by atoms with van der Waals surface area (Å²) in [6.07, 6.45) is 2.05. The molecule has 0 amide bonds. The molecular formula is C14H14N2O4S. The lowest BCUT2D eigenvalue weighted by atomic mass is 10.2. The first kappa shape index (κ1) is 12.8. The van der Waals surface area contributed by atoms with E-state index >= 15 is 0 Å². The molecule has 0 spiro atoms. The summed E-state index contributed by atoms with van der Waals surface area (Å²) in [7, 11) is 0. The Labute approximate surface area is 125 Å². The Morgan fingerprint density at radius 1 is 1.33 bits per heavy atom. The van der Waals surface area contributed by atoms with E-state index in [1.807, 2.05) is 0 Å². The fourth-order valence-corrected chi connectivity index (χ4v) is 3.07. The zero-order chi connectivity index (χ0) is 14.4. The van der Waals surface area contributed by atoms with Crippen LogP contribution in [-0.4, -0.2) is 29.1 Å². The molecule has 1 aromatic heterocycles. The molecule has 2 aliphatic heterocycles. The van der Waals surface area contributed by atoms with Crippen molar-refractivity contribution in [3.05, 3.63) is 27.3 Å². The highest BCUT2D eigenvalue weighted by Gasteiger charge is 2.20. The van der Waals surface area contributed by atoms with Crippen molar-refractivity contribution in [3.63, 3.8) is 0 Å². The molecule has 21 heavy (non-hydrogen) atoms. The van der Waals surface area contributed by atoms with E-state index in [2.05, 4.69) is 4.98 Å². The van der Waals surface area contributed by atoms with Crippen molar-refractivity contribution in [1.29, 1.82) is 0 Å². The first-order chi connectivity index (χ1) is 10.2. The van der Waals surface area contributed by atoms with E-state index in [0.717, 1.165) is 19.4 Å². The van der Waals surface area contributed by atoms with E-state index in [0.29, 0.717) is 33.7 Å². The van der Waals surface area contributed by atoms with Crippen LogP contribution < -0.4 is 15.0 Å². The van der Waals surface area contributed by atoms with Gasteiger partial charge in [-0.2, -0.15) is 0 Å². The maximum Gasteiger partial charge on any atom is 0.262 e. The van der Waals surface area contributed by atoms with Crippen LogP contribution in [0.3, 0.4) is 0 Å². The maximum absolute atomic E-state index is 12.7. The fraction of sp³-hybridized carbons (Fsp3) is 0.429. The first-order valence-electron chi connectivity index (χ1n) is 6.90. The number of ether oxygens (including phenoxy) is 3. The molecule has 1 aromatic carbocycles. The predicted molar refractivity (Wildman–Crippen MR) is 78.5 cm³/mol. The molecule has 0 bridgehead atoms. The predicted octanol–water partition coefficient (Wildman–Crippen LogP) is 1.97. The Hall–Kier alpha value is -1.86. The lowest BCUT2D eigenvalue weighted by molar-refractivity contribution is 0.0957. The molecule has 2 aromatic rings. The molecule has 1 saturated heterocycles. The number of nitrogens with zero attached hydrogens (tertiary/aromatic N) is 1. The van der Waals surface area contributed by atoms with E-state index in [9.17, 15) is 4.79 Å². The SMILES string of the molecule is O=c1c2cc3c(cc2[nH]c(=S)n1C[C@H]1CCCO1)OCO3. The monoisotopic (exact) mass is 306 g/mol. The summed E-state index contributed by atoms with van der Waals surface area (Å²) in [6.45, 7) is 1.41. The van der Waals surface area contributed by atoms with Crippen molar-refractivity contribution in [2.24, 2.45) is 0 Å². The van der Waals surface area contributed by atoms with Gasteiger partial charge in [0.05, 0.1) is 23.6 Å². The molecule has 0 aliphatic carbocycles. The van der Waals surface area contributed by atoms with Crippen molar-refractivity contribution in [2.75, 3.05) is 13.4 Å². The number of hydrogen-bond donors (Lipinski definition) is 1. The summed E-state index contributed by atoms with van der Waals surface area (Å²) in [5.41, 5.74) is 0.542. The molecule has 7 heteroatoms. The molecular weight excluding hydrogens is 292 g/mol. The summed E-state index contributed by atoms with van der Waals surface area (Å²) in [6, 6.07) is 3.46. The number of aromatic amines is 1. The lowest BCUT2D eigenvalue weighted by Gasteiger charge is -2.13. The van der Waals surface area contributed by atoms with Crippen molar-refractivity contribution in [1.82, 2.24) is 9.55 Å². The quantitative estimate of drug-likeness (QED) is 0.859. The summed E-state index contributed by atoms with van der Waals surface area (Å²) in [4.78, 5) is 15.8. The van der Waals surface area contributed by atoms with Crippen LogP contribution in [0, 0.1) is 4.77 Å². The fourth-order valence-electron chi connectivity index (χ4n) is 2.80. The van der Waals surface area contributed by atoms with Crippen LogP contribution in [-0.2, 0) is 11.3 Å². The molecule has 3 heterocycles. The highest BCUT2D eigenvalue weighted by molar-refractivity contribution is 7.71. The minimum Gasteiger partial charge on any atom is -0.454 e. The van der Waals surface area contributed by atoms with Crippen molar-refractivity contribution in [2.45, 2.75) is 25.5 Å². The number of rotatable bonds is 2. The van der Waals surface area contributed by atoms with Gasteiger partial charge in [-0.05, 0) is 31.1 Å². The third-order valence-corrected chi connectivity index (χ3v) is 4.21. The van der Waals surface area contributed by atoms with Crippen LogP contribution in [0.2, 0.25) is 0 Å². The molecule has 0 unspecified atom stereocenters. The van der Waals surface area contributed by atoms with Gasteiger partial charge in [0, 0.05) is 12.7 Å². The standard InChI is InChI=1S/C14H14N2O4S/c17-13-9-4-11-12(20-7-19-11)5-10(9)15-14(21)16(13)6-8-2-1-3-18-8/h4-5,8H,1-3,6-7H2,(H,15,21)/t8-/m1/s1. The highest BCUT2D eigenvalue weighted by atomic mass is 32.1. The third-order valence-electron chi connectivity index (χ3n) is 3.89. The van der Waals surface area contributed by atoms with Gasteiger partial charge in [-0.15, -0.1) is 0 Å². The van der Waals surface area contributed by atoms with E-state index in [4.69, 9.17) is 26.4 Å². The van der Waals surface area contributed by atoms with Gasteiger partial charge >= 0.3 is 0 Å². The molecule has 1 atom stereocenters. The zero-order valence-corrected chi connectivity index (χ0v) is 12.1. The topological polar surface area (TPSA) is 65.5 Å². The van der Waals surface area contributed by atoms with E-state index < -0.39 is 0 Å². The van der Waals surface area contributed by atoms with Crippen molar-refractivity contribution in [3.8, 4) is 11.5 Å². The number of fused-ring (bicyclic) bond motifs is 2. The average molecular weight is 306 g/mol. The zero-order valence-electron chi connectivity index (χ0n) is 11.3. The largest absolute Gasteiger partial charge is 0.454 e. The van der Waals surface area contributed by atoms with Crippen LogP contribution in [0.5, 0.6) is 11.5 Å². The van der Waals surface area contributed by atoms with Crippen LogP contribution in [0.25, 0.3) is 10.9 Å². The van der Waals surface area contributed by atoms with E-state index in [-0.39, 0.29) is 18.5 Å². The summed E-state index contributed by atoms with van der Waals surface area (Å²) in [5, 5.41) is 0.547. The number of benzene rings is 1. The van der Waals surface area contributed by atoms with Crippen LogP contribution in [0.15, 0.2) is 16.9 Å². The van der Waals surface area contributed by atoms with Gasteiger partial charge in [0.15, 0.2) is 16.3 Å². The smallest absolute Gasteiger partial charge is 0.262 e. The molecule has 0 saturated carbocycles. The minimum absolute atomic E-state index is 0.0595. The van der Waals surface area contributed by atoms with Gasteiger partial charge in [0.1, 0.15) is 0 Å². The molecule has 2 aliphatic rings. The number of hydrogen-bond acceptors (Lipinski definition) is 5. The number of nitrogens with one attached hydrogen (secondary N) is 1. The van der Waals surface area contributed by atoms with E-state index in [1.165, 1.54) is 0 Å². The Kier molecular flexibility index (Phi) is 2.97. The Bertz CT molecular complexity index is 820. The second-order valence-electron chi connectivity index (χ2n) is 5.23. The van der Waals surface area contributed by atoms with Crippen molar-refractivity contribution < 1.29 is 14.2 Å². The molecule has 4 rings (SSSR count). The van der Waals surface area contributed by atoms with Gasteiger partial charge in [-0.3, -0.25) is 9.36 Å². The first-order valence-corrected chi connectivity index (χ1v) is 7.31. The maximum atomic E-state index is 12.7. The van der Waals surface area contributed by atoms with Gasteiger partial charge in [-0.25, -0.2) is 0 Å². The second kappa shape index (κ2) is 4.85. The third kappa shape index (κ3) is 2.13. The number of aromatic nitrogens is 2. The minimum atomic E-state index is -0.123. The Morgan fingerprint density at radius 3 is 2.90 bits per heavy atom. The summed E-state index contributed by atoms with van der Waals surface area (Å²) in [5.74, 6) is 1.22. The lowest BCUT2D eigenvalue weighted by Crippen LogP contribution is -2.27. The molecule has 110 valence electrons. The Morgan fingerprint density at radius 2 is 2.14 bits per heavy atom. The average Bonchev–Trinajstić information content (AvgIpc) is 3.12. The molecule has 6 nitrogen and oxygen atoms in total. The molecule has 1 fully saturated rings. The normalized spacial score (nSPS) is 20.3.